The Balaban J connectivity index is 2.18. The Hall–Kier alpha value is -0.920. The Labute approximate surface area is 141 Å². The molecule has 0 aromatic heterocycles. The molecule has 2 rings (SSSR count). The van der Waals surface area contributed by atoms with Gasteiger partial charge in [0.25, 0.3) is 5.69 Å². The smallest absolute Gasteiger partial charge is 0.293 e. The molecule has 0 amide bonds. The minimum absolute atomic E-state index is 0.0514. The maximum Gasteiger partial charge on any atom is 0.293 e. The number of halogens is 3. The van der Waals surface area contributed by atoms with Crippen molar-refractivity contribution in [2.24, 2.45) is 0 Å². The zero-order valence-corrected chi connectivity index (χ0v) is 14.8. The molecule has 2 aromatic rings. The lowest BCUT2D eigenvalue weighted by atomic mass is 10.2. The zero-order valence-electron chi connectivity index (χ0n) is 10.1. The number of benzene rings is 2. The molecule has 4 nitrogen and oxygen atoms in total. The van der Waals surface area contributed by atoms with Crippen molar-refractivity contribution in [1.29, 1.82) is 0 Å². The van der Waals surface area contributed by atoms with Gasteiger partial charge in [0.05, 0.1) is 4.92 Å². The van der Waals surface area contributed by atoms with E-state index in [2.05, 4.69) is 53.1 Å². The van der Waals surface area contributed by atoms with E-state index >= 15 is 0 Å². The van der Waals surface area contributed by atoms with Crippen LogP contribution in [0.4, 0.5) is 11.4 Å². The lowest BCUT2D eigenvalue weighted by Crippen LogP contribution is -2.02. The first-order valence-electron chi connectivity index (χ1n) is 5.59. The number of rotatable bonds is 4. The lowest BCUT2D eigenvalue weighted by molar-refractivity contribution is -0.384. The van der Waals surface area contributed by atoms with Crippen molar-refractivity contribution in [3.05, 3.63) is 65.5 Å². The summed E-state index contributed by atoms with van der Waals surface area (Å²) < 4.78 is 2.60. The van der Waals surface area contributed by atoms with E-state index in [0.29, 0.717) is 16.7 Å². The molecule has 7 heteroatoms. The molecule has 0 aliphatic carbocycles. The molecule has 104 valence electrons. The standard InChI is InChI=1S/C13H9Br3N2O2/c14-9-2-4-12(13(6-9)18(19)20)17-7-8-1-3-10(15)11(16)5-8/h1-6,17H,7H2. The third-order valence-electron chi connectivity index (χ3n) is 2.62. The summed E-state index contributed by atoms with van der Waals surface area (Å²) in [6, 6.07) is 10.8. The molecule has 0 atom stereocenters. The molecule has 0 bridgehead atoms. The Morgan fingerprint density at radius 2 is 1.80 bits per heavy atom. The van der Waals surface area contributed by atoms with Gasteiger partial charge in [-0.1, -0.05) is 22.0 Å². The van der Waals surface area contributed by atoms with Crippen molar-refractivity contribution in [2.45, 2.75) is 6.54 Å². The summed E-state index contributed by atoms with van der Waals surface area (Å²) in [4.78, 5) is 10.6. The van der Waals surface area contributed by atoms with Crippen LogP contribution in [-0.4, -0.2) is 4.92 Å². The largest absolute Gasteiger partial charge is 0.375 e. The van der Waals surface area contributed by atoms with Gasteiger partial charge in [-0.3, -0.25) is 10.1 Å². The fraction of sp³-hybridized carbons (Fsp3) is 0.0769. The summed E-state index contributed by atoms with van der Waals surface area (Å²) in [6.45, 7) is 0.508. The minimum Gasteiger partial charge on any atom is -0.375 e. The lowest BCUT2D eigenvalue weighted by Gasteiger charge is -2.08. The van der Waals surface area contributed by atoms with Gasteiger partial charge in [0.1, 0.15) is 5.69 Å². The maximum absolute atomic E-state index is 11.0. The summed E-state index contributed by atoms with van der Waals surface area (Å²) >= 11 is 10.1. The number of nitrogens with one attached hydrogen (secondary N) is 1. The minimum atomic E-state index is -0.398. The van der Waals surface area contributed by atoms with Gasteiger partial charge in [-0.05, 0) is 61.7 Å². The van der Waals surface area contributed by atoms with Crippen LogP contribution in [0.2, 0.25) is 0 Å². The predicted molar refractivity (Wildman–Crippen MR) is 90.0 cm³/mol. The second kappa shape index (κ2) is 6.69. The van der Waals surface area contributed by atoms with Crippen molar-refractivity contribution in [3.8, 4) is 0 Å². The molecule has 0 saturated carbocycles. The number of anilines is 1. The predicted octanol–water partition coefficient (Wildman–Crippen LogP) is 5.49. The van der Waals surface area contributed by atoms with Crippen molar-refractivity contribution in [3.63, 3.8) is 0 Å². The van der Waals surface area contributed by atoms with Crippen molar-refractivity contribution < 1.29 is 4.92 Å². The molecule has 0 saturated heterocycles. The summed E-state index contributed by atoms with van der Waals surface area (Å²) in [5.41, 5.74) is 1.57. The third kappa shape index (κ3) is 3.80. The fourth-order valence-electron chi connectivity index (χ4n) is 1.65. The molecule has 20 heavy (non-hydrogen) atoms. The zero-order chi connectivity index (χ0) is 14.7. The van der Waals surface area contributed by atoms with Crippen LogP contribution in [0, 0.1) is 10.1 Å². The first kappa shape index (κ1) is 15.5. The third-order valence-corrected chi connectivity index (χ3v) is 5.00. The van der Waals surface area contributed by atoms with Gasteiger partial charge < -0.3 is 5.32 Å². The quantitative estimate of drug-likeness (QED) is 0.480. The van der Waals surface area contributed by atoms with Crippen LogP contribution in [0.3, 0.4) is 0 Å². The van der Waals surface area contributed by atoms with E-state index in [1.54, 1.807) is 12.1 Å². The average molecular weight is 465 g/mol. The summed E-state index contributed by atoms with van der Waals surface area (Å²) in [5, 5.41) is 14.1. The van der Waals surface area contributed by atoms with Crippen LogP contribution >= 0.6 is 47.8 Å². The van der Waals surface area contributed by atoms with Gasteiger partial charge in [0, 0.05) is 26.0 Å². The molecule has 2 aromatic carbocycles. The van der Waals surface area contributed by atoms with E-state index in [0.717, 1.165) is 14.5 Å². The highest BCUT2D eigenvalue weighted by molar-refractivity contribution is 9.13. The van der Waals surface area contributed by atoms with Gasteiger partial charge >= 0.3 is 0 Å². The van der Waals surface area contributed by atoms with Crippen LogP contribution in [0.15, 0.2) is 49.8 Å². The number of nitro benzene ring substituents is 1. The molecular weight excluding hydrogens is 456 g/mol. The first-order chi connectivity index (χ1) is 9.47. The summed E-state index contributed by atoms with van der Waals surface area (Å²) in [6.07, 6.45) is 0. The van der Waals surface area contributed by atoms with E-state index in [1.807, 2.05) is 18.2 Å². The second-order valence-electron chi connectivity index (χ2n) is 4.02. The number of hydrogen-bond donors (Lipinski definition) is 1. The summed E-state index contributed by atoms with van der Waals surface area (Å²) in [5.74, 6) is 0. The first-order valence-corrected chi connectivity index (χ1v) is 7.97. The van der Waals surface area contributed by atoms with Crippen LogP contribution in [0.1, 0.15) is 5.56 Å². The van der Waals surface area contributed by atoms with Gasteiger partial charge in [-0.2, -0.15) is 0 Å². The van der Waals surface area contributed by atoms with E-state index in [9.17, 15) is 10.1 Å². The topological polar surface area (TPSA) is 55.2 Å². The Bertz CT molecular complexity index is 662. The Kier molecular flexibility index (Phi) is 5.17. The molecule has 0 fully saturated rings. The molecule has 0 aliphatic rings. The van der Waals surface area contributed by atoms with Crippen LogP contribution in [0.5, 0.6) is 0 Å². The Morgan fingerprint density at radius 3 is 2.45 bits per heavy atom. The van der Waals surface area contributed by atoms with E-state index in [-0.39, 0.29) is 5.69 Å². The van der Waals surface area contributed by atoms with E-state index < -0.39 is 4.92 Å². The summed E-state index contributed by atoms with van der Waals surface area (Å²) in [7, 11) is 0. The number of hydrogen-bond acceptors (Lipinski definition) is 3. The van der Waals surface area contributed by atoms with Crippen LogP contribution in [0.25, 0.3) is 0 Å². The molecule has 0 aliphatic heterocycles. The van der Waals surface area contributed by atoms with Crippen LogP contribution < -0.4 is 5.32 Å². The molecule has 0 spiro atoms. The van der Waals surface area contributed by atoms with Gasteiger partial charge in [0.2, 0.25) is 0 Å². The normalized spacial score (nSPS) is 10.3. The highest BCUT2D eigenvalue weighted by Crippen LogP contribution is 2.29. The molecule has 0 radical (unpaired) electrons. The van der Waals surface area contributed by atoms with Gasteiger partial charge in [-0.15, -0.1) is 0 Å². The monoisotopic (exact) mass is 462 g/mol. The van der Waals surface area contributed by atoms with Gasteiger partial charge in [-0.25, -0.2) is 0 Å². The maximum atomic E-state index is 11.0. The highest BCUT2D eigenvalue weighted by atomic mass is 79.9. The molecule has 0 heterocycles. The van der Waals surface area contributed by atoms with Crippen LogP contribution in [-0.2, 0) is 6.54 Å². The van der Waals surface area contributed by atoms with E-state index in [4.69, 9.17) is 0 Å². The molecule has 1 N–H and O–H groups in total. The number of nitro groups is 1. The van der Waals surface area contributed by atoms with Crippen molar-refractivity contribution in [1.82, 2.24) is 0 Å². The highest BCUT2D eigenvalue weighted by Gasteiger charge is 2.13. The number of nitrogens with zero attached hydrogens (tertiary/aromatic N) is 1. The van der Waals surface area contributed by atoms with Crippen molar-refractivity contribution >= 4 is 59.2 Å². The molecule has 0 unspecified atom stereocenters. The second-order valence-corrected chi connectivity index (χ2v) is 6.64. The molecular formula is C13H9Br3N2O2. The average Bonchev–Trinajstić information content (AvgIpc) is 2.41. The Morgan fingerprint density at radius 1 is 1.05 bits per heavy atom. The van der Waals surface area contributed by atoms with Gasteiger partial charge in [0.15, 0.2) is 0 Å². The SMILES string of the molecule is O=[N+]([O-])c1cc(Br)ccc1NCc1ccc(Br)c(Br)c1. The fourth-order valence-corrected chi connectivity index (χ4v) is 2.67. The van der Waals surface area contributed by atoms with E-state index in [1.165, 1.54) is 6.07 Å². The van der Waals surface area contributed by atoms with Crippen molar-refractivity contribution in [2.75, 3.05) is 5.32 Å².